The molecule has 0 spiro atoms. The second kappa shape index (κ2) is 6.42. The van der Waals surface area contributed by atoms with E-state index < -0.39 is 39.5 Å². The third-order valence-electron chi connectivity index (χ3n) is 4.41. The van der Waals surface area contributed by atoms with E-state index in [-0.39, 0.29) is 16.9 Å². The van der Waals surface area contributed by atoms with E-state index in [2.05, 4.69) is 0 Å². The van der Waals surface area contributed by atoms with Crippen LogP contribution in [0.3, 0.4) is 0 Å². The van der Waals surface area contributed by atoms with Crippen LogP contribution < -0.4 is 4.72 Å². The number of benzene rings is 2. The van der Waals surface area contributed by atoms with Crippen molar-refractivity contribution in [1.29, 1.82) is 0 Å². The molecule has 2 atom stereocenters. The minimum absolute atomic E-state index is 0.0217. The molecule has 8 heteroatoms. The Hall–Kier alpha value is -2.35. The summed E-state index contributed by atoms with van der Waals surface area (Å²) in [5.41, 5.74) is -0.293. The molecule has 3 rings (SSSR count). The second-order valence-electron chi connectivity index (χ2n) is 6.27. The van der Waals surface area contributed by atoms with Gasteiger partial charge in [0.1, 0.15) is 0 Å². The highest BCUT2D eigenvalue weighted by atomic mass is 32.2. The smallest absolute Gasteiger partial charge is 0.274 e. The molecular formula is C18H16F3NO3S. The van der Waals surface area contributed by atoms with Crippen molar-refractivity contribution in [1.82, 2.24) is 4.72 Å². The number of rotatable bonds is 4. The van der Waals surface area contributed by atoms with E-state index in [1.165, 1.54) is 30.3 Å². The second-order valence-corrected chi connectivity index (χ2v) is 7.92. The van der Waals surface area contributed by atoms with Gasteiger partial charge >= 0.3 is 6.18 Å². The summed E-state index contributed by atoms with van der Waals surface area (Å²) in [4.78, 5) is 12.3. The Balaban J connectivity index is 1.78. The molecule has 2 aromatic carbocycles. The van der Waals surface area contributed by atoms with Gasteiger partial charge in [-0.3, -0.25) is 4.79 Å². The van der Waals surface area contributed by atoms with Gasteiger partial charge in [0.15, 0.2) is 0 Å². The third kappa shape index (κ3) is 3.60. The molecule has 1 aliphatic rings. The van der Waals surface area contributed by atoms with Crippen molar-refractivity contribution in [3.63, 3.8) is 0 Å². The number of hydrogen-bond donors (Lipinski definition) is 1. The highest BCUT2D eigenvalue weighted by Gasteiger charge is 2.48. The average Bonchev–Trinajstić information content (AvgIpc) is 3.34. The maximum Gasteiger partial charge on any atom is 0.416 e. The summed E-state index contributed by atoms with van der Waals surface area (Å²) in [6.07, 6.45) is -4.34. The van der Waals surface area contributed by atoms with E-state index in [1.54, 1.807) is 19.1 Å². The van der Waals surface area contributed by atoms with Crippen molar-refractivity contribution in [2.24, 2.45) is 5.92 Å². The summed E-state index contributed by atoms with van der Waals surface area (Å²) in [5, 5.41) is 0. The Morgan fingerprint density at radius 3 is 2.35 bits per heavy atom. The molecule has 0 saturated heterocycles. The first-order valence-electron chi connectivity index (χ1n) is 7.89. The monoisotopic (exact) mass is 383 g/mol. The third-order valence-corrected chi connectivity index (χ3v) is 5.92. The van der Waals surface area contributed by atoms with Crippen molar-refractivity contribution in [3.05, 3.63) is 65.2 Å². The zero-order valence-electron chi connectivity index (χ0n) is 13.7. The normalized spacial score (nSPS) is 19.8. The number of halogens is 3. The molecule has 1 aliphatic carbocycles. The Bertz CT molecular complexity index is 954. The first kappa shape index (κ1) is 18.4. The van der Waals surface area contributed by atoms with Crippen molar-refractivity contribution in [2.45, 2.75) is 30.3 Å². The van der Waals surface area contributed by atoms with Gasteiger partial charge in [-0.1, -0.05) is 36.4 Å². The lowest BCUT2D eigenvalue weighted by Crippen LogP contribution is -2.32. The maximum absolute atomic E-state index is 13.1. The van der Waals surface area contributed by atoms with Crippen LogP contribution in [0.1, 0.15) is 29.0 Å². The van der Waals surface area contributed by atoms with E-state index in [4.69, 9.17) is 0 Å². The number of hydrogen-bond acceptors (Lipinski definition) is 3. The first-order chi connectivity index (χ1) is 12.1. The van der Waals surface area contributed by atoms with Crippen molar-refractivity contribution < 1.29 is 26.4 Å². The molecule has 0 heterocycles. The molecule has 0 bridgehead atoms. The van der Waals surface area contributed by atoms with Gasteiger partial charge in [-0.05, 0) is 42.5 Å². The lowest BCUT2D eigenvalue weighted by atomic mass is 10.0. The predicted octanol–water partition coefficient (Wildman–Crippen LogP) is 3.62. The van der Waals surface area contributed by atoms with Crippen molar-refractivity contribution in [2.75, 3.05) is 0 Å². The van der Waals surface area contributed by atoms with Crippen LogP contribution in [0.25, 0.3) is 0 Å². The molecule has 0 aliphatic heterocycles. The fourth-order valence-electron chi connectivity index (χ4n) is 3.03. The van der Waals surface area contributed by atoms with Crippen LogP contribution in [0.5, 0.6) is 0 Å². The molecule has 1 saturated carbocycles. The summed E-state index contributed by atoms with van der Waals surface area (Å²) in [5.74, 6) is -2.22. The Kier molecular flexibility index (Phi) is 4.56. The Morgan fingerprint density at radius 1 is 1.08 bits per heavy atom. The summed E-state index contributed by atoms with van der Waals surface area (Å²) < 4.78 is 66.0. The van der Waals surface area contributed by atoms with Crippen molar-refractivity contribution >= 4 is 15.9 Å². The molecule has 26 heavy (non-hydrogen) atoms. The number of amides is 1. The lowest BCUT2D eigenvalue weighted by molar-refractivity contribution is -0.138. The fraction of sp³-hybridized carbons (Fsp3) is 0.278. The van der Waals surface area contributed by atoms with Crippen LogP contribution in [0, 0.1) is 12.8 Å². The van der Waals surface area contributed by atoms with Crippen LogP contribution in [0.4, 0.5) is 13.2 Å². The van der Waals surface area contributed by atoms with Crippen LogP contribution in [-0.4, -0.2) is 14.3 Å². The van der Waals surface area contributed by atoms with Gasteiger partial charge in [0.05, 0.1) is 10.5 Å². The minimum Gasteiger partial charge on any atom is -0.274 e. The zero-order valence-corrected chi connectivity index (χ0v) is 14.6. The van der Waals surface area contributed by atoms with E-state index in [0.29, 0.717) is 5.56 Å². The molecule has 1 amide bonds. The molecule has 1 N–H and O–H groups in total. The molecule has 138 valence electrons. The minimum atomic E-state index is -4.52. The highest BCUT2D eigenvalue weighted by Crippen LogP contribution is 2.51. The Labute approximate surface area is 149 Å². The van der Waals surface area contributed by atoms with Gasteiger partial charge in [0.2, 0.25) is 5.91 Å². The van der Waals surface area contributed by atoms with Gasteiger partial charge < -0.3 is 0 Å². The maximum atomic E-state index is 13.1. The first-order valence-corrected chi connectivity index (χ1v) is 9.38. The molecular weight excluding hydrogens is 367 g/mol. The molecule has 0 radical (unpaired) electrons. The van der Waals surface area contributed by atoms with E-state index in [0.717, 1.165) is 6.07 Å². The van der Waals surface area contributed by atoms with Gasteiger partial charge in [0, 0.05) is 5.92 Å². The number of aryl methyl sites for hydroxylation is 1. The SMILES string of the molecule is Cc1ccccc1S(=O)(=O)NC(=O)C1CC1c1ccccc1C(F)(F)F. The zero-order chi connectivity index (χ0) is 19.1. The van der Waals surface area contributed by atoms with Gasteiger partial charge in [-0.25, -0.2) is 13.1 Å². The van der Waals surface area contributed by atoms with Crippen molar-refractivity contribution in [3.8, 4) is 0 Å². The van der Waals surface area contributed by atoms with E-state index in [9.17, 15) is 26.4 Å². The van der Waals surface area contributed by atoms with Crippen LogP contribution in [0.15, 0.2) is 53.4 Å². The van der Waals surface area contributed by atoms with Crippen LogP contribution in [-0.2, 0) is 21.0 Å². The molecule has 4 nitrogen and oxygen atoms in total. The molecule has 0 aromatic heterocycles. The average molecular weight is 383 g/mol. The van der Waals surface area contributed by atoms with Crippen LogP contribution in [0.2, 0.25) is 0 Å². The van der Waals surface area contributed by atoms with Crippen LogP contribution >= 0.6 is 0 Å². The fourth-order valence-corrected chi connectivity index (χ4v) is 4.30. The number of alkyl halides is 3. The summed E-state index contributed by atoms with van der Waals surface area (Å²) >= 11 is 0. The van der Waals surface area contributed by atoms with Gasteiger partial charge in [0.25, 0.3) is 10.0 Å². The number of nitrogens with one attached hydrogen (secondary N) is 1. The lowest BCUT2D eigenvalue weighted by Gasteiger charge is -2.13. The quantitative estimate of drug-likeness (QED) is 0.877. The summed E-state index contributed by atoms with van der Waals surface area (Å²) in [6.45, 7) is 1.60. The number of carbonyl (C=O) groups is 1. The number of carbonyl (C=O) groups excluding carboxylic acids is 1. The van der Waals surface area contributed by atoms with E-state index >= 15 is 0 Å². The largest absolute Gasteiger partial charge is 0.416 e. The molecule has 2 unspecified atom stereocenters. The summed E-state index contributed by atoms with van der Waals surface area (Å²) in [7, 11) is -4.06. The topological polar surface area (TPSA) is 63.2 Å². The standard InChI is InChI=1S/C18H16F3NO3S/c1-11-6-2-5-9-16(11)26(24,25)22-17(23)14-10-13(14)12-7-3-4-8-15(12)18(19,20)21/h2-9,13-14H,10H2,1H3,(H,22,23). The molecule has 1 fully saturated rings. The van der Waals surface area contributed by atoms with Gasteiger partial charge in [-0.2, -0.15) is 13.2 Å². The van der Waals surface area contributed by atoms with E-state index in [1.807, 2.05) is 4.72 Å². The highest BCUT2D eigenvalue weighted by molar-refractivity contribution is 7.90. The Morgan fingerprint density at radius 2 is 1.69 bits per heavy atom. The number of sulfonamides is 1. The van der Waals surface area contributed by atoms with Gasteiger partial charge in [-0.15, -0.1) is 0 Å². The molecule has 2 aromatic rings. The summed E-state index contributed by atoms with van der Waals surface area (Å²) in [6, 6.07) is 11.2. The predicted molar refractivity (Wildman–Crippen MR) is 88.8 cm³/mol.